The molecule has 0 radical (unpaired) electrons. The molecule has 0 heterocycles. The van der Waals surface area contributed by atoms with Crippen LogP contribution in [0.5, 0.6) is 0 Å². The van der Waals surface area contributed by atoms with Gasteiger partial charge < -0.3 is 0 Å². The van der Waals surface area contributed by atoms with E-state index in [0.717, 1.165) is 32.1 Å². The largest absolute Gasteiger partial charge is 0.283 e. The van der Waals surface area contributed by atoms with Crippen LogP contribution in [-0.2, 0) is 9.59 Å². The third kappa shape index (κ3) is 8.26. The van der Waals surface area contributed by atoms with E-state index >= 15 is 0 Å². The van der Waals surface area contributed by atoms with E-state index in [2.05, 4.69) is 13.8 Å². The Morgan fingerprint density at radius 1 is 0.833 bits per heavy atom. The highest BCUT2D eigenvalue weighted by atomic mass is 16.2. The number of carbonyl (C=O) groups excluding carboxylic acids is 2. The first-order valence-electron chi connectivity index (χ1n) is 7.44. The molecular formula is C15H29NO2. The summed E-state index contributed by atoms with van der Waals surface area (Å²) in [5, 5.41) is 0. The second kappa shape index (κ2) is 11.2. The molecule has 3 nitrogen and oxygen atoms in total. The van der Waals surface area contributed by atoms with Crippen molar-refractivity contribution in [2.75, 3.05) is 6.54 Å². The SMILES string of the molecule is CCCCCCCC(=O)N(CCCCC)C(C)=O. The van der Waals surface area contributed by atoms with E-state index in [-0.39, 0.29) is 11.8 Å². The molecule has 0 saturated carbocycles. The minimum Gasteiger partial charge on any atom is -0.283 e. The molecule has 0 unspecified atom stereocenters. The predicted octanol–water partition coefficient (Wildman–Crippen LogP) is 3.91. The van der Waals surface area contributed by atoms with Gasteiger partial charge in [0.2, 0.25) is 11.8 Å². The number of amides is 2. The number of hydrogen-bond donors (Lipinski definition) is 0. The molecule has 3 heteroatoms. The van der Waals surface area contributed by atoms with Crippen LogP contribution in [0, 0.1) is 0 Å². The van der Waals surface area contributed by atoms with Gasteiger partial charge in [0.15, 0.2) is 0 Å². The molecule has 0 saturated heterocycles. The van der Waals surface area contributed by atoms with Gasteiger partial charge in [0.25, 0.3) is 0 Å². The highest BCUT2D eigenvalue weighted by Crippen LogP contribution is 2.08. The smallest absolute Gasteiger partial charge is 0.229 e. The van der Waals surface area contributed by atoms with Gasteiger partial charge in [0, 0.05) is 19.9 Å². The first kappa shape index (κ1) is 17.1. The van der Waals surface area contributed by atoms with Crippen molar-refractivity contribution in [1.29, 1.82) is 0 Å². The summed E-state index contributed by atoms with van der Waals surface area (Å²) in [6.07, 6.45) is 9.29. The van der Waals surface area contributed by atoms with Crippen LogP contribution in [0.1, 0.15) is 78.6 Å². The lowest BCUT2D eigenvalue weighted by Gasteiger charge is -2.19. The molecule has 0 aliphatic carbocycles. The maximum Gasteiger partial charge on any atom is 0.229 e. The molecule has 0 aromatic carbocycles. The second-order valence-corrected chi connectivity index (χ2v) is 4.94. The zero-order valence-corrected chi connectivity index (χ0v) is 12.3. The molecular weight excluding hydrogens is 226 g/mol. The van der Waals surface area contributed by atoms with Gasteiger partial charge in [0.1, 0.15) is 0 Å². The van der Waals surface area contributed by atoms with Crippen molar-refractivity contribution < 1.29 is 9.59 Å². The molecule has 0 aromatic heterocycles. The highest BCUT2D eigenvalue weighted by Gasteiger charge is 2.16. The molecule has 2 amide bonds. The number of rotatable bonds is 10. The topological polar surface area (TPSA) is 37.4 Å². The Balaban J connectivity index is 3.88. The fourth-order valence-electron chi connectivity index (χ4n) is 1.99. The standard InChI is InChI=1S/C15H29NO2/c1-4-6-8-9-10-12-15(18)16(14(3)17)13-11-7-5-2/h4-13H2,1-3H3. The lowest BCUT2D eigenvalue weighted by atomic mass is 10.1. The fraction of sp³-hybridized carbons (Fsp3) is 0.867. The summed E-state index contributed by atoms with van der Waals surface area (Å²) in [6, 6.07) is 0. The van der Waals surface area contributed by atoms with E-state index in [1.807, 2.05) is 0 Å². The summed E-state index contributed by atoms with van der Waals surface area (Å²) in [4.78, 5) is 24.8. The summed E-state index contributed by atoms with van der Waals surface area (Å²) in [5.74, 6) is -0.0974. The van der Waals surface area contributed by atoms with Gasteiger partial charge in [0.05, 0.1) is 0 Å². The molecule has 0 fully saturated rings. The van der Waals surface area contributed by atoms with Crippen LogP contribution in [0.2, 0.25) is 0 Å². The molecule has 0 rings (SSSR count). The fourth-order valence-corrected chi connectivity index (χ4v) is 1.99. The van der Waals surface area contributed by atoms with E-state index in [9.17, 15) is 9.59 Å². The Morgan fingerprint density at radius 3 is 1.94 bits per heavy atom. The van der Waals surface area contributed by atoms with Crippen molar-refractivity contribution in [2.24, 2.45) is 0 Å². The Labute approximate surface area is 112 Å². The molecule has 0 atom stereocenters. The highest BCUT2D eigenvalue weighted by molar-refractivity contribution is 5.94. The van der Waals surface area contributed by atoms with Gasteiger partial charge in [-0.1, -0.05) is 52.4 Å². The summed E-state index contributed by atoms with van der Waals surface area (Å²) >= 11 is 0. The van der Waals surface area contributed by atoms with Crippen LogP contribution in [0.25, 0.3) is 0 Å². The number of imide groups is 1. The van der Waals surface area contributed by atoms with E-state index in [1.165, 1.54) is 31.1 Å². The molecule has 0 aliphatic heterocycles. The molecule has 18 heavy (non-hydrogen) atoms. The predicted molar refractivity (Wildman–Crippen MR) is 75.3 cm³/mol. The maximum absolute atomic E-state index is 11.9. The summed E-state index contributed by atoms with van der Waals surface area (Å²) in [7, 11) is 0. The van der Waals surface area contributed by atoms with Crippen molar-refractivity contribution in [2.45, 2.75) is 78.6 Å². The van der Waals surface area contributed by atoms with E-state index in [4.69, 9.17) is 0 Å². The lowest BCUT2D eigenvalue weighted by molar-refractivity contribution is -0.143. The van der Waals surface area contributed by atoms with Crippen LogP contribution >= 0.6 is 0 Å². The van der Waals surface area contributed by atoms with Crippen molar-refractivity contribution in [3.63, 3.8) is 0 Å². The van der Waals surface area contributed by atoms with Gasteiger partial charge in [-0.25, -0.2) is 0 Å². The Morgan fingerprint density at radius 2 is 1.39 bits per heavy atom. The number of unbranched alkanes of at least 4 members (excludes halogenated alkanes) is 6. The van der Waals surface area contributed by atoms with Crippen molar-refractivity contribution in [1.82, 2.24) is 4.90 Å². The van der Waals surface area contributed by atoms with E-state index < -0.39 is 0 Å². The zero-order valence-electron chi connectivity index (χ0n) is 12.3. The average molecular weight is 255 g/mol. The monoisotopic (exact) mass is 255 g/mol. The van der Waals surface area contributed by atoms with Crippen LogP contribution < -0.4 is 0 Å². The van der Waals surface area contributed by atoms with Crippen LogP contribution in [0.15, 0.2) is 0 Å². The van der Waals surface area contributed by atoms with Crippen LogP contribution in [0.4, 0.5) is 0 Å². The van der Waals surface area contributed by atoms with Gasteiger partial charge in [-0.3, -0.25) is 14.5 Å². The zero-order chi connectivity index (χ0) is 13.8. The molecule has 0 bridgehead atoms. The van der Waals surface area contributed by atoms with Crippen LogP contribution in [-0.4, -0.2) is 23.3 Å². The first-order valence-corrected chi connectivity index (χ1v) is 7.44. The number of nitrogens with zero attached hydrogens (tertiary/aromatic N) is 1. The third-order valence-electron chi connectivity index (χ3n) is 3.16. The van der Waals surface area contributed by atoms with Gasteiger partial charge in [-0.05, 0) is 12.8 Å². The number of carbonyl (C=O) groups is 2. The quantitative estimate of drug-likeness (QED) is 0.555. The normalized spacial score (nSPS) is 10.4. The average Bonchev–Trinajstić information content (AvgIpc) is 2.33. The van der Waals surface area contributed by atoms with Gasteiger partial charge >= 0.3 is 0 Å². The van der Waals surface area contributed by atoms with E-state index in [1.54, 1.807) is 0 Å². The summed E-state index contributed by atoms with van der Waals surface area (Å²) in [6.45, 7) is 6.38. The van der Waals surface area contributed by atoms with Crippen molar-refractivity contribution >= 4 is 11.8 Å². The molecule has 0 aliphatic rings. The summed E-state index contributed by atoms with van der Waals surface area (Å²) < 4.78 is 0. The first-order chi connectivity index (χ1) is 8.63. The lowest BCUT2D eigenvalue weighted by Crippen LogP contribution is -2.35. The maximum atomic E-state index is 11.9. The summed E-state index contributed by atoms with van der Waals surface area (Å²) in [5.41, 5.74) is 0. The Bertz CT molecular complexity index is 239. The third-order valence-corrected chi connectivity index (χ3v) is 3.16. The molecule has 0 N–H and O–H groups in total. The van der Waals surface area contributed by atoms with Crippen molar-refractivity contribution in [3.8, 4) is 0 Å². The van der Waals surface area contributed by atoms with Crippen molar-refractivity contribution in [3.05, 3.63) is 0 Å². The van der Waals surface area contributed by atoms with E-state index in [0.29, 0.717) is 13.0 Å². The molecule has 0 spiro atoms. The van der Waals surface area contributed by atoms with Crippen LogP contribution in [0.3, 0.4) is 0 Å². The van der Waals surface area contributed by atoms with Gasteiger partial charge in [-0.15, -0.1) is 0 Å². The molecule has 106 valence electrons. The van der Waals surface area contributed by atoms with Gasteiger partial charge in [-0.2, -0.15) is 0 Å². The number of hydrogen-bond acceptors (Lipinski definition) is 2. The molecule has 0 aromatic rings. The minimum absolute atomic E-state index is 0.00935. The second-order valence-electron chi connectivity index (χ2n) is 4.94. The Kier molecular flexibility index (Phi) is 10.7. The minimum atomic E-state index is -0.107. The Hall–Kier alpha value is -0.860.